The molecular formula is C6H9NO3. The molecule has 0 bridgehead atoms. The molecule has 1 N–H and O–H groups in total. The molecule has 0 aliphatic rings. The van der Waals surface area contributed by atoms with Crippen LogP contribution in [-0.2, 0) is 6.61 Å². The third-order valence-corrected chi connectivity index (χ3v) is 1.31. The van der Waals surface area contributed by atoms with Crippen molar-refractivity contribution in [1.29, 1.82) is 0 Å². The molecule has 1 rings (SSSR count). The van der Waals surface area contributed by atoms with E-state index < -0.39 is 0 Å². The van der Waals surface area contributed by atoms with E-state index in [1.165, 1.54) is 7.11 Å². The molecule has 0 atom stereocenters. The van der Waals surface area contributed by atoms with Crippen molar-refractivity contribution in [3.63, 3.8) is 0 Å². The lowest BCUT2D eigenvalue weighted by Gasteiger charge is -1.91. The Balaban J connectivity index is 2.97. The van der Waals surface area contributed by atoms with Crippen molar-refractivity contribution in [3.05, 3.63) is 11.3 Å². The first-order valence-corrected chi connectivity index (χ1v) is 2.89. The van der Waals surface area contributed by atoms with E-state index in [9.17, 15) is 0 Å². The molecule has 0 aromatic carbocycles. The minimum Gasteiger partial charge on any atom is -0.479 e. The van der Waals surface area contributed by atoms with E-state index in [0.717, 1.165) is 5.56 Å². The third-order valence-electron chi connectivity index (χ3n) is 1.31. The zero-order chi connectivity index (χ0) is 7.56. The molecule has 56 valence electrons. The molecule has 4 heteroatoms. The Morgan fingerprint density at radius 1 is 1.70 bits per heavy atom. The van der Waals surface area contributed by atoms with Crippen LogP contribution in [0.5, 0.6) is 5.88 Å². The topological polar surface area (TPSA) is 55.5 Å². The van der Waals surface area contributed by atoms with Crippen LogP contribution in [0.1, 0.15) is 11.3 Å². The van der Waals surface area contributed by atoms with Crippen molar-refractivity contribution in [2.45, 2.75) is 13.5 Å². The van der Waals surface area contributed by atoms with Crippen molar-refractivity contribution in [2.24, 2.45) is 0 Å². The van der Waals surface area contributed by atoms with Crippen LogP contribution in [0.2, 0.25) is 0 Å². The molecule has 0 saturated heterocycles. The monoisotopic (exact) mass is 143 g/mol. The highest BCUT2D eigenvalue weighted by Gasteiger charge is 2.09. The van der Waals surface area contributed by atoms with Gasteiger partial charge in [0, 0.05) is 0 Å². The predicted octanol–water partition coefficient (Wildman–Crippen LogP) is 0.484. The third kappa shape index (κ3) is 0.974. The number of hydrogen-bond acceptors (Lipinski definition) is 4. The highest BCUT2D eigenvalue weighted by molar-refractivity contribution is 5.25. The van der Waals surface area contributed by atoms with Crippen molar-refractivity contribution < 1.29 is 14.4 Å². The van der Waals surface area contributed by atoms with Crippen molar-refractivity contribution in [2.75, 3.05) is 7.11 Å². The van der Waals surface area contributed by atoms with Crippen LogP contribution in [0.25, 0.3) is 0 Å². The first-order valence-electron chi connectivity index (χ1n) is 2.89. The molecule has 0 unspecified atom stereocenters. The van der Waals surface area contributed by atoms with Gasteiger partial charge in [0.25, 0.3) is 5.88 Å². The number of aromatic nitrogens is 1. The standard InChI is InChI=1S/C6H9NO3/c1-4-5(3-8)10-7-6(4)9-2/h8H,3H2,1-2H3. The first-order chi connectivity index (χ1) is 4.79. The summed E-state index contributed by atoms with van der Waals surface area (Å²) in [6.07, 6.45) is 0. The molecule has 1 aromatic rings. The van der Waals surface area contributed by atoms with Crippen LogP contribution < -0.4 is 4.74 Å². The predicted molar refractivity (Wildman–Crippen MR) is 33.7 cm³/mol. The number of ether oxygens (including phenoxy) is 1. The van der Waals surface area contributed by atoms with Gasteiger partial charge in [-0.1, -0.05) is 0 Å². The second-order valence-electron chi connectivity index (χ2n) is 1.90. The van der Waals surface area contributed by atoms with Gasteiger partial charge in [-0.15, -0.1) is 0 Å². The van der Waals surface area contributed by atoms with Gasteiger partial charge < -0.3 is 14.4 Å². The summed E-state index contributed by atoms with van der Waals surface area (Å²) in [7, 11) is 1.51. The molecule has 1 aromatic heterocycles. The van der Waals surface area contributed by atoms with Gasteiger partial charge in [0.05, 0.1) is 12.7 Å². The van der Waals surface area contributed by atoms with Gasteiger partial charge in [0.2, 0.25) is 0 Å². The van der Waals surface area contributed by atoms with Crippen LogP contribution >= 0.6 is 0 Å². The van der Waals surface area contributed by atoms with Crippen LogP contribution in [0.15, 0.2) is 4.52 Å². The maximum Gasteiger partial charge on any atom is 0.257 e. The lowest BCUT2D eigenvalue weighted by Crippen LogP contribution is -1.86. The highest BCUT2D eigenvalue weighted by atomic mass is 16.5. The van der Waals surface area contributed by atoms with E-state index >= 15 is 0 Å². The molecule has 0 fully saturated rings. The highest BCUT2D eigenvalue weighted by Crippen LogP contribution is 2.18. The van der Waals surface area contributed by atoms with E-state index in [2.05, 4.69) is 5.16 Å². The number of hydrogen-bond donors (Lipinski definition) is 1. The smallest absolute Gasteiger partial charge is 0.257 e. The van der Waals surface area contributed by atoms with Gasteiger partial charge in [-0.05, 0) is 12.1 Å². The van der Waals surface area contributed by atoms with Gasteiger partial charge in [0.15, 0.2) is 5.76 Å². The van der Waals surface area contributed by atoms with Crippen LogP contribution in [0, 0.1) is 6.92 Å². The van der Waals surface area contributed by atoms with Gasteiger partial charge >= 0.3 is 0 Å². The molecule has 0 amide bonds. The zero-order valence-corrected chi connectivity index (χ0v) is 5.92. The Morgan fingerprint density at radius 2 is 2.40 bits per heavy atom. The molecule has 0 aliphatic heterocycles. The summed E-state index contributed by atoms with van der Waals surface area (Å²) in [6, 6.07) is 0. The normalized spacial score (nSPS) is 9.90. The van der Waals surface area contributed by atoms with E-state index in [1.54, 1.807) is 6.92 Å². The first kappa shape index (κ1) is 7.08. The van der Waals surface area contributed by atoms with Crippen LogP contribution in [-0.4, -0.2) is 17.4 Å². The SMILES string of the molecule is COc1noc(CO)c1C. The Kier molecular flexibility index (Phi) is 1.91. The number of aliphatic hydroxyl groups is 1. The molecule has 1 heterocycles. The average Bonchev–Trinajstić information content (AvgIpc) is 2.30. The minimum absolute atomic E-state index is 0.137. The van der Waals surface area contributed by atoms with Gasteiger partial charge in [-0.3, -0.25) is 0 Å². The van der Waals surface area contributed by atoms with Gasteiger partial charge in [-0.2, -0.15) is 0 Å². The Morgan fingerprint density at radius 3 is 2.70 bits per heavy atom. The zero-order valence-electron chi connectivity index (χ0n) is 5.92. The van der Waals surface area contributed by atoms with Crippen LogP contribution in [0.3, 0.4) is 0 Å². The second-order valence-corrected chi connectivity index (χ2v) is 1.90. The summed E-state index contributed by atoms with van der Waals surface area (Å²) in [5.41, 5.74) is 0.755. The van der Waals surface area contributed by atoms with Crippen molar-refractivity contribution in [3.8, 4) is 5.88 Å². The largest absolute Gasteiger partial charge is 0.479 e. The summed E-state index contributed by atoms with van der Waals surface area (Å²) in [4.78, 5) is 0. The maximum atomic E-state index is 8.64. The molecule has 0 saturated carbocycles. The quantitative estimate of drug-likeness (QED) is 0.654. The summed E-state index contributed by atoms with van der Waals surface area (Å²) < 4.78 is 9.52. The van der Waals surface area contributed by atoms with Gasteiger partial charge in [-0.25, -0.2) is 0 Å². The Labute approximate surface area is 58.4 Å². The summed E-state index contributed by atoms with van der Waals surface area (Å²) >= 11 is 0. The lowest BCUT2D eigenvalue weighted by molar-refractivity contribution is 0.225. The molecule has 0 aliphatic carbocycles. The Hall–Kier alpha value is -1.03. The van der Waals surface area contributed by atoms with Crippen LogP contribution in [0.4, 0.5) is 0 Å². The molecule has 10 heavy (non-hydrogen) atoms. The van der Waals surface area contributed by atoms with Crippen molar-refractivity contribution >= 4 is 0 Å². The van der Waals surface area contributed by atoms with E-state index in [-0.39, 0.29) is 6.61 Å². The van der Waals surface area contributed by atoms with E-state index in [0.29, 0.717) is 11.6 Å². The van der Waals surface area contributed by atoms with Gasteiger partial charge in [0.1, 0.15) is 6.61 Å². The second kappa shape index (κ2) is 2.70. The average molecular weight is 143 g/mol. The molecular weight excluding hydrogens is 134 g/mol. The minimum atomic E-state index is -0.137. The molecule has 4 nitrogen and oxygen atoms in total. The summed E-state index contributed by atoms with van der Waals surface area (Å²) in [5, 5.41) is 12.2. The van der Waals surface area contributed by atoms with E-state index in [4.69, 9.17) is 14.4 Å². The molecule has 0 spiro atoms. The number of methoxy groups -OCH3 is 1. The molecule has 0 radical (unpaired) electrons. The fourth-order valence-corrected chi connectivity index (χ4v) is 0.691. The fraction of sp³-hybridized carbons (Fsp3) is 0.500. The lowest BCUT2D eigenvalue weighted by atomic mass is 10.3. The summed E-state index contributed by atoms with van der Waals surface area (Å²) in [5.74, 6) is 0.890. The number of rotatable bonds is 2. The Bertz CT molecular complexity index is 197. The number of nitrogens with zero attached hydrogens (tertiary/aromatic N) is 1. The van der Waals surface area contributed by atoms with Crippen molar-refractivity contribution in [1.82, 2.24) is 5.16 Å². The maximum absolute atomic E-state index is 8.64. The van der Waals surface area contributed by atoms with E-state index in [1.807, 2.05) is 0 Å². The number of aliphatic hydroxyl groups excluding tert-OH is 1. The summed E-state index contributed by atoms with van der Waals surface area (Å²) in [6.45, 7) is 1.64. The fourth-order valence-electron chi connectivity index (χ4n) is 0.691.